The Hall–Kier alpha value is -2.63. The standard InChI is InChI=1S/C15H15FN2O3/c1-3-20-15(19)11-7-14(18-8-13(11)17)21-10-4-5-12(16)9(2)6-10/h4-8H,3,17H2,1-2H3. The highest BCUT2D eigenvalue weighted by atomic mass is 19.1. The van der Waals surface area contributed by atoms with Gasteiger partial charge in [0.15, 0.2) is 0 Å². The number of aromatic nitrogens is 1. The van der Waals surface area contributed by atoms with Crippen molar-refractivity contribution in [3.05, 3.63) is 47.4 Å². The van der Waals surface area contributed by atoms with Gasteiger partial charge in [-0.3, -0.25) is 0 Å². The number of aryl methyl sites for hydroxylation is 1. The van der Waals surface area contributed by atoms with Crippen molar-refractivity contribution in [2.75, 3.05) is 12.3 Å². The molecule has 0 amide bonds. The van der Waals surface area contributed by atoms with Crippen LogP contribution in [0.25, 0.3) is 0 Å². The first-order chi connectivity index (χ1) is 10.0. The lowest BCUT2D eigenvalue weighted by Crippen LogP contribution is -2.08. The monoisotopic (exact) mass is 290 g/mol. The molecule has 0 aliphatic rings. The van der Waals surface area contributed by atoms with Crippen LogP contribution in [0, 0.1) is 12.7 Å². The van der Waals surface area contributed by atoms with Crippen molar-refractivity contribution in [3.8, 4) is 11.6 Å². The molecule has 1 aromatic carbocycles. The number of nitrogen functional groups attached to an aromatic ring is 1. The molecule has 0 atom stereocenters. The maximum absolute atomic E-state index is 13.2. The zero-order valence-electron chi connectivity index (χ0n) is 11.7. The quantitative estimate of drug-likeness (QED) is 0.876. The van der Waals surface area contributed by atoms with Gasteiger partial charge in [0, 0.05) is 6.07 Å². The molecule has 2 aromatic rings. The first-order valence-corrected chi connectivity index (χ1v) is 6.38. The van der Waals surface area contributed by atoms with Crippen molar-refractivity contribution in [2.45, 2.75) is 13.8 Å². The van der Waals surface area contributed by atoms with E-state index in [0.29, 0.717) is 11.3 Å². The second kappa shape index (κ2) is 6.21. The van der Waals surface area contributed by atoms with Gasteiger partial charge in [0.25, 0.3) is 0 Å². The third-order valence-electron chi connectivity index (χ3n) is 2.76. The highest BCUT2D eigenvalue weighted by Crippen LogP contribution is 2.24. The van der Waals surface area contributed by atoms with Crippen molar-refractivity contribution < 1.29 is 18.7 Å². The molecule has 0 saturated heterocycles. The number of pyridine rings is 1. The van der Waals surface area contributed by atoms with E-state index in [4.69, 9.17) is 15.2 Å². The molecule has 1 aromatic heterocycles. The van der Waals surface area contributed by atoms with E-state index in [2.05, 4.69) is 4.98 Å². The van der Waals surface area contributed by atoms with Crippen LogP contribution in [0.3, 0.4) is 0 Å². The van der Waals surface area contributed by atoms with Crippen LogP contribution in [-0.2, 0) is 4.74 Å². The average Bonchev–Trinajstić information content (AvgIpc) is 2.45. The summed E-state index contributed by atoms with van der Waals surface area (Å²) in [5.41, 5.74) is 6.53. The first kappa shape index (κ1) is 14.8. The van der Waals surface area contributed by atoms with Crippen LogP contribution in [0.4, 0.5) is 10.1 Å². The number of hydrogen-bond donors (Lipinski definition) is 1. The highest BCUT2D eigenvalue weighted by molar-refractivity contribution is 5.95. The summed E-state index contributed by atoms with van der Waals surface area (Å²) in [5.74, 6) is -0.267. The molecule has 21 heavy (non-hydrogen) atoms. The number of hydrogen-bond acceptors (Lipinski definition) is 5. The summed E-state index contributed by atoms with van der Waals surface area (Å²) in [7, 11) is 0. The minimum absolute atomic E-state index is 0.179. The molecule has 0 aliphatic heterocycles. The van der Waals surface area contributed by atoms with Crippen molar-refractivity contribution in [1.29, 1.82) is 0 Å². The number of rotatable bonds is 4. The topological polar surface area (TPSA) is 74.4 Å². The largest absolute Gasteiger partial charge is 0.462 e. The normalized spacial score (nSPS) is 10.2. The maximum atomic E-state index is 13.2. The maximum Gasteiger partial charge on any atom is 0.340 e. The minimum atomic E-state index is -0.544. The van der Waals surface area contributed by atoms with Gasteiger partial charge in [-0.25, -0.2) is 14.2 Å². The fraction of sp³-hybridized carbons (Fsp3) is 0.200. The summed E-state index contributed by atoms with van der Waals surface area (Å²) >= 11 is 0. The van der Waals surface area contributed by atoms with E-state index in [1.54, 1.807) is 13.8 Å². The number of ether oxygens (including phenoxy) is 2. The van der Waals surface area contributed by atoms with Gasteiger partial charge in [0.1, 0.15) is 11.6 Å². The number of benzene rings is 1. The van der Waals surface area contributed by atoms with Crippen molar-refractivity contribution >= 4 is 11.7 Å². The molecular weight excluding hydrogens is 275 g/mol. The van der Waals surface area contributed by atoms with E-state index in [1.807, 2.05) is 0 Å². The average molecular weight is 290 g/mol. The molecule has 0 saturated carbocycles. The molecule has 5 nitrogen and oxygen atoms in total. The molecule has 0 fully saturated rings. The van der Waals surface area contributed by atoms with E-state index in [1.165, 1.54) is 30.5 Å². The van der Waals surface area contributed by atoms with Gasteiger partial charge >= 0.3 is 5.97 Å². The van der Waals surface area contributed by atoms with Gasteiger partial charge in [-0.15, -0.1) is 0 Å². The molecule has 2 rings (SSSR count). The number of esters is 1. The Morgan fingerprint density at radius 3 is 2.81 bits per heavy atom. The Morgan fingerprint density at radius 1 is 1.38 bits per heavy atom. The molecule has 6 heteroatoms. The molecular formula is C15H15FN2O3. The second-order valence-electron chi connectivity index (χ2n) is 4.34. The number of carbonyl (C=O) groups excluding carboxylic acids is 1. The zero-order valence-corrected chi connectivity index (χ0v) is 11.7. The Morgan fingerprint density at radius 2 is 2.14 bits per heavy atom. The van der Waals surface area contributed by atoms with Gasteiger partial charge in [0.05, 0.1) is 24.1 Å². The van der Waals surface area contributed by atoms with E-state index >= 15 is 0 Å². The summed E-state index contributed by atoms with van der Waals surface area (Å²) in [6.45, 7) is 3.57. The smallest absolute Gasteiger partial charge is 0.340 e. The third kappa shape index (κ3) is 3.47. The second-order valence-corrected chi connectivity index (χ2v) is 4.34. The highest BCUT2D eigenvalue weighted by Gasteiger charge is 2.13. The summed E-state index contributed by atoms with van der Waals surface area (Å²) in [6.07, 6.45) is 1.32. The molecule has 0 spiro atoms. The predicted molar refractivity (Wildman–Crippen MR) is 75.8 cm³/mol. The van der Waals surface area contributed by atoms with Crippen LogP contribution in [0.1, 0.15) is 22.8 Å². The molecule has 2 N–H and O–H groups in total. The summed E-state index contributed by atoms with van der Waals surface area (Å²) < 4.78 is 23.6. The van der Waals surface area contributed by atoms with Crippen LogP contribution in [0.15, 0.2) is 30.5 Å². The molecule has 0 bridgehead atoms. The Bertz CT molecular complexity index is 674. The van der Waals surface area contributed by atoms with Crippen LogP contribution in [0.5, 0.6) is 11.6 Å². The van der Waals surface area contributed by atoms with E-state index in [9.17, 15) is 9.18 Å². The van der Waals surface area contributed by atoms with Gasteiger partial charge in [0.2, 0.25) is 5.88 Å². The van der Waals surface area contributed by atoms with Crippen LogP contribution < -0.4 is 10.5 Å². The predicted octanol–water partition coefficient (Wildman–Crippen LogP) is 3.08. The Labute approximate surface area is 121 Å². The summed E-state index contributed by atoms with van der Waals surface area (Å²) in [6, 6.07) is 5.71. The van der Waals surface area contributed by atoms with Crippen LogP contribution >= 0.6 is 0 Å². The van der Waals surface area contributed by atoms with E-state index in [0.717, 1.165) is 0 Å². The Kier molecular flexibility index (Phi) is 4.37. The lowest BCUT2D eigenvalue weighted by molar-refractivity contribution is 0.0527. The lowest BCUT2D eigenvalue weighted by atomic mass is 10.2. The van der Waals surface area contributed by atoms with Crippen LogP contribution in [-0.4, -0.2) is 17.6 Å². The number of anilines is 1. The zero-order chi connectivity index (χ0) is 15.4. The summed E-state index contributed by atoms with van der Waals surface area (Å²) in [4.78, 5) is 15.7. The molecule has 1 heterocycles. The number of nitrogens with two attached hydrogens (primary N) is 1. The fourth-order valence-corrected chi connectivity index (χ4v) is 1.69. The van der Waals surface area contributed by atoms with Gasteiger partial charge in [-0.1, -0.05) is 0 Å². The van der Waals surface area contributed by atoms with Crippen LogP contribution in [0.2, 0.25) is 0 Å². The van der Waals surface area contributed by atoms with Gasteiger partial charge < -0.3 is 15.2 Å². The Balaban J connectivity index is 2.26. The molecule has 0 unspecified atom stereocenters. The third-order valence-corrected chi connectivity index (χ3v) is 2.76. The first-order valence-electron chi connectivity index (χ1n) is 6.38. The number of carbonyl (C=O) groups is 1. The van der Waals surface area contributed by atoms with Gasteiger partial charge in [-0.05, 0) is 37.6 Å². The minimum Gasteiger partial charge on any atom is -0.462 e. The van der Waals surface area contributed by atoms with Crippen molar-refractivity contribution in [2.24, 2.45) is 0 Å². The fourth-order valence-electron chi connectivity index (χ4n) is 1.69. The van der Waals surface area contributed by atoms with E-state index < -0.39 is 5.97 Å². The molecule has 0 aliphatic carbocycles. The molecule has 0 radical (unpaired) electrons. The molecule has 110 valence electrons. The number of nitrogens with zero attached hydrogens (tertiary/aromatic N) is 1. The SMILES string of the molecule is CCOC(=O)c1cc(Oc2ccc(F)c(C)c2)ncc1N. The van der Waals surface area contributed by atoms with E-state index in [-0.39, 0.29) is 29.6 Å². The number of halogens is 1. The summed E-state index contributed by atoms with van der Waals surface area (Å²) in [5, 5.41) is 0. The van der Waals surface area contributed by atoms with Gasteiger partial charge in [-0.2, -0.15) is 0 Å². The van der Waals surface area contributed by atoms with Crippen molar-refractivity contribution in [1.82, 2.24) is 4.98 Å². The van der Waals surface area contributed by atoms with Crippen molar-refractivity contribution in [3.63, 3.8) is 0 Å². The lowest BCUT2D eigenvalue weighted by Gasteiger charge is -2.09.